The van der Waals surface area contributed by atoms with E-state index in [9.17, 15) is 0 Å². The van der Waals surface area contributed by atoms with Gasteiger partial charge in [-0.05, 0) is 78.3 Å². The molecule has 0 radical (unpaired) electrons. The second kappa shape index (κ2) is 6.75. The predicted octanol–water partition coefficient (Wildman–Crippen LogP) is 5.41. The van der Waals surface area contributed by atoms with E-state index in [-0.39, 0.29) is 0 Å². The average molecular weight is 430 g/mol. The zero-order chi connectivity index (χ0) is 13.8. The molecule has 0 aromatic heterocycles. The summed E-state index contributed by atoms with van der Waals surface area (Å²) < 4.78 is 2.43. The van der Waals surface area contributed by atoms with Gasteiger partial charge in [-0.2, -0.15) is 0 Å². The zero-order valence-corrected chi connectivity index (χ0v) is 14.8. The van der Waals surface area contributed by atoms with Gasteiger partial charge in [0.2, 0.25) is 0 Å². The summed E-state index contributed by atoms with van der Waals surface area (Å²) in [6.07, 6.45) is 1.03. The maximum atomic E-state index is 3.56. The summed E-state index contributed by atoms with van der Waals surface area (Å²) in [6, 6.07) is 15.5. The van der Waals surface area contributed by atoms with Gasteiger partial charge in [-0.15, -0.1) is 0 Å². The second-order valence-electron chi connectivity index (χ2n) is 4.84. The fraction of sp³-hybridized carbons (Fsp3) is 0.250. The monoisotopic (exact) mass is 429 g/mol. The van der Waals surface area contributed by atoms with Crippen LogP contribution in [0.2, 0.25) is 0 Å². The molecule has 0 aliphatic rings. The molecule has 0 heterocycles. The fourth-order valence-corrected chi connectivity index (χ4v) is 2.77. The quantitative estimate of drug-likeness (QED) is 0.641. The highest BCUT2D eigenvalue weighted by molar-refractivity contribution is 14.1. The lowest BCUT2D eigenvalue weighted by molar-refractivity contribution is 0.790. The standard InChI is InChI=1S/C16H17BrIN/c1-11-3-8-15(10-16(11)18)19-12(2)9-13-4-6-14(17)7-5-13/h3-8,10,12,19H,9H2,1-2H3. The van der Waals surface area contributed by atoms with Crippen molar-refractivity contribution in [3.63, 3.8) is 0 Å². The number of aryl methyl sites for hydroxylation is 1. The number of benzene rings is 2. The highest BCUT2D eigenvalue weighted by Crippen LogP contribution is 2.19. The van der Waals surface area contributed by atoms with E-state index in [4.69, 9.17) is 0 Å². The third-order valence-electron chi connectivity index (χ3n) is 3.04. The zero-order valence-electron chi connectivity index (χ0n) is 11.1. The van der Waals surface area contributed by atoms with Crippen LogP contribution >= 0.6 is 38.5 Å². The van der Waals surface area contributed by atoms with Gasteiger partial charge in [0, 0.05) is 19.8 Å². The fourth-order valence-electron chi connectivity index (χ4n) is 1.99. The Kier molecular flexibility index (Phi) is 5.28. The van der Waals surface area contributed by atoms with E-state index in [2.05, 4.69) is 100 Å². The van der Waals surface area contributed by atoms with Crippen LogP contribution in [0.3, 0.4) is 0 Å². The minimum Gasteiger partial charge on any atom is -0.382 e. The first-order valence-corrected chi connectivity index (χ1v) is 8.19. The molecule has 1 N–H and O–H groups in total. The lowest BCUT2D eigenvalue weighted by Crippen LogP contribution is -2.18. The molecule has 19 heavy (non-hydrogen) atoms. The lowest BCUT2D eigenvalue weighted by Gasteiger charge is -2.16. The van der Waals surface area contributed by atoms with Crippen LogP contribution in [0.25, 0.3) is 0 Å². The molecule has 1 atom stereocenters. The Morgan fingerprint density at radius 3 is 2.47 bits per heavy atom. The topological polar surface area (TPSA) is 12.0 Å². The van der Waals surface area contributed by atoms with Gasteiger partial charge in [-0.25, -0.2) is 0 Å². The van der Waals surface area contributed by atoms with Crippen LogP contribution in [0.4, 0.5) is 5.69 Å². The van der Waals surface area contributed by atoms with Crippen LogP contribution < -0.4 is 5.32 Å². The highest BCUT2D eigenvalue weighted by Gasteiger charge is 2.05. The summed E-state index contributed by atoms with van der Waals surface area (Å²) in [7, 11) is 0. The number of hydrogen-bond acceptors (Lipinski definition) is 1. The number of rotatable bonds is 4. The van der Waals surface area contributed by atoms with Crippen LogP contribution in [0.5, 0.6) is 0 Å². The van der Waals surface area contributed by atoms with Gasteiger partial charge in [0.1, 0.15) is 0 Å². The van der Waals surface area contributed by atoms with Crippen molar-refractivity contribution in [1.82, 2.24) is 0 Å². The molecule has 0 saturated heterocycles. The number of nitrogens with one attached hydrogen (secondary N) is 1. The number of halogens is 2. The predicted molar refractivity (Wildman–Crippen MR) is 94.8 cm³/mol. The van der Waals surface area contributed by atoms with E-state index >= 15 is 0 Å². The van der Waals surface area contributed by atoms with Crippen molar-refractivity contribution in [2.24, 2.45) is 0 Å². The van der Waals surface area contributed by atoms with Gasteiger partial charge in [-0.3, -0.25) is 0 Å². The summed E-state index contributed by atoms with van der Waals surface area (Å²) in [5.41, 5.74) is 3.87. The molecule has 1 unspecified atom stereocenters. The van der Waals surface area contributed by atoms with E-state index in [1.54, 1.807) is 0 Å². The van der Waals surface area contributed by atoms with E-state index in [0.717, 1.165) is 10.9 Å². The van der Waals surface area contributed by atoms with Crippen molar-refractivity contribution < 1.29 is 0 Å². The first kappa shape index (κ1) is 14.9. The third kappa shape index (κ3) is 4.49. The maximum absolute atomic E-state index is 3.56. The molecule has 2 rings (SSSR count). The van der Waals surface area contributed by atoms with Crippen LogP contribution in [-0.2, 0) is 6.42 Å². The van der Waals surface area contributed by atoms with Gasteiger partial charge in [-0.1, -0.05) is 34.1 Å². The molecular weight excluding hydrogens is 413 g/mol. The molecular formula is C16H17BrIN. The first-order valence-electron chi connectivity index (χ1n) is 6.32. The summed E-state index contributed by atoms with van der Waals surface area (Å²) >= 11 is 5.84. The molecule has 0 saturated carbocycles. The van der Waals surface area contributed by atoms with Gasteiger partial charge < -0.3 is 5.32 Å². The lowest BCUT2D eigenvalue weighted by atomic mass is 10.1. The molecule has 0 bridgehead atoms. The van der Waals surface area contributed by atoms with Crippen LogP contribution in [0.15, 0.2) is 46.9 Å². The third-order valence-corrected chi connectivity index (χ3v) is 4.73. The Morgan fingerprint density at radius 1 is 1.16 bits per heavy atom. The Bertz CT molecular complexity index is 551. The molecule has 100 valence electrons. The van der Waals surface area contributed by atoms with E-state index in [1.807, 2.05) is 0 Å². The normalized spacial score (nSPS) is 12.2. The minimum absolute atomic E-state index is 0.416. The summed E-state index contributed by atoms with van der Waals surface area (Å²) in [4.78, 5) is 0. The molecule has 2 aromatic rings. The number of anilines is 1. The molecule has 0 amide bonds. The van der Waals surface area contributed by atoms with Crippen LogP contribution in [-0.4, -0.2) is 6.04 Å². The highest BCUT2D eigenvalue weighted by atomic mass is 127. The van der Waals surface area contributed by atoms with E-state index in [0.29, 0.717) is 6.04 Å². The van der Waals surface area contributed by atoms with Crippen molar-refractivity contribution in [1.29, 1.82) is 0 Å². The smallest absolute Gasteiger partial charge is 0.0353 e. The minimum atomic E-state index is 0.416. The first-order chi connectivity index (χ1) is 9.04. The van der Waals surface area contributed by atoms with Gasteiger partial charge in [0.25, 0.3) is 0 Å². The molecule has 1 nitrogen and oxygen atoms in total. The van der Waals surface area contributed by atoms with Crippen LogP contribution in [0, 0.1) is 10.5 Å². The van der Waals surface area contributed by atoms with Crippen molar-refractivity contribution in [2.45, 2.75) is 26.3 Å². The Hall–Kier alpha value is -0.550. The van der Waals surface area contributed by atoms with Gasteiger partial charge in [0.15, 0.2) is 0 Å². The maximum Gasteiger partial charge on any atom is 0.0353 e. The number of hydrogen-bond donors (Lipinski definition) is 1. The van der Waals surface area contributed by atoms with Crippen LogP contribution in [0.1, 0.15) is 18.1 Å². The van der Waals surface area contributed by atoms with Crippen molar-refractivity contribution in [3.8, 4) is 0 Å². The summed E-state index contributed by atoms with van der Waals surface area (Å²) in [5.74, 6) is 0. The molecule has 3 heteroatoms. The molecule has 0 aliphatic carbocycles. The van der Waals surface area contributed by atoms with Crippen molar-refractivity contribution in [3.05, 3.63) is 61.6 Å². The molecule has 0 aliphatic heterocycles. The van der Waals surface area contributed by atoms with Gasteiger partial charge in [0.05, 0.1) is 0 Å². The van der Waals surface area contributed by atoms with E-state index < -0.39 is 0 Å². The molecule has 0 fully saturated rings. The summed E-state index contributed by atoms with van der Waals surface area (Å²) in [6.45, 7) is 4.35. The molecule has 2 aromatic carbocycles. The Labute approximate surface area is 137 Å². The largest absolute Gasteiger partial charge is 0.382 e. The second-order valence-corrected chi connectivity index (χ2v) is 6.92. The Balaban J connectivity index is 1.98. The summed E-state index contributed by atoms with van der Waals surface area (Å²) in [5, 5.41) is 3.56. The average Bonchev–Trinajstić information content (AvgIpc) is 2.37. The van der Waals surface area contributed by atoms with E-state index in [1.165, 1.54) is 20.4 Å². The van der Waals surface area contributed by atoms with Crippen molar-refractivity contribution >= 4 is 44.2 Å². The SMILES string of the molecule is Cc1ccc(NC(C)Cc2ccc(Br)cc2)cc1I. The Morgan fingerprint density at radius 2 is 1.84 bits per heavy atom. The van der Waals surface area contributed by atoms with Gasteiger partial charge >= 0.3 is 0 Å². The molecule has 0 spiro atoms. The van der Waals surface area contributed by atoms with Crippen molar-refractivity contribution in [2.75, 3.05) is 5.32 Å².